The third kappa shape index (κ3) is 38.5. The summed E-state index contributed by atoms with van der Waals surface area (Å²) in [6.07, 6.45) is 12.9. The SMILES string of the molecule is CCC(=O)O.CCC(=O)O.CCCCCCC(C)CC.CCCN(CCN(CCC)CC(=O)NCc1ccc(/C(N)=C(/C)CC)c[c]1[Ge]([CH3])([CH3])[CH3])CC(=O)O.CN=CN. The average Bonchev–Trinajstić information content (AvgIpc) is 3.20. The summed E-state index contributed by atoms with van der Waals surface area (Å²) in [6, 6.07) is 6.43. The molecule has 1 rings (SSSR count). The first-order chi connectivity index (χ1) is 27.7. The second-order valence-electron chi connectivity index (χ2n) is 15.7. The van der Waals surface area contributed by atoms with Gasteiger partial charge in [0.05, 0.1) is 6.34 Å². The van der Waals surface area contributed by atoms with Crippen molar-refractivity contribution in [3.8, 4) is 0 Å². The second kappa shape index (κ2) is 40.0. The second-order valence-corrected chi connectivity index (χ2v) is 26.2. The molecule has 1 aromatic carbocycles. The summed E-state index contributed by atoms with van der Waals surface area (Å²) >= 11 is -2.21. The number of aliphatic carboxylic acids is 3. The molecule has 59 heavy (non-hydrogen) atoms. The number of carbonyl (C=O) groups is 4. The molecule has 0 aliphatic carbocycles. The van der Waals surface area contributed by atoms with Crippen LogP contribution in [0.2, 0.25) is 17.3 Å². The third-order valence-electron chi connectivity index (χ3n) is 9.23. The van der Waals surface area contributed by atoms with Crippen LogP contribution in [-0.2, 0) is 25.7 Å². The molecule has 0 bridgehead atoms. The van der Waals surface area contributed by atoms with Gasteiger partial charge in [-0.1, -0.05) is 80.1 Å². The Balaban J connectivity index is -0.000000507. The molecule has 1 amide bonds. The number of hydrogen-bond donors (Lipinski definition) is 6. The summed E-state index contributed by atoms with van der Waals surface area (Å²) in [5.41, 5.74) is 15.4. The Morgan fingerprint density at radius 1 is 0.780 bits per heavy atom. The van der Waals surface area contributed by atoms with E-state index < -0.39 is 31.2 Å². The molecule has 0 fully saturated rings. The van der Waals surface area contributed by atoms with E-state index in [4.69, 9.17) is 26.8 Å². The van der Waals surface area contributed by atoms with Crippen molar-refractivity contribution in [3.63, 3.8) is 0 Å². The van der Waals surface area contributed by atoms with E-state index in [9.17, 15) is 19.2 Å². The Labute approximate surface area is 362 Å². The summed E-state index contributed by atoms with van der Waals surface area (Å²) in [7, 11) is 1.62. The molecule has 0 aliphatic rings. The standard InChI is InChI=1S/C27H48GeN4O3.C10H22.2C3H6O2.C2H6N2/c1-8-13-31(15-16-32(14-9-2)20-26(34)35)19-25(33)30-18-23-12-11-22(27(29)21(4)10-3)17-24(23)28(5,6)7;1-4-6-7-8-9-10(3)5-2;2*1-2-3(4)5;1-4-2-3/h11-12,17H,8-10,13-16,18-20,29H2,1-7H3,(H,30,33)(H,34,35);10H,4-9H2,1-3H3;2*2H2,1H3,(H,4,5);2H,1H3,(H2,3,4)/b27-21+;;;;. The number of hydrogen-bond acceptors (Lipinski definition) is 8. The van der Waals surface area contributed by atoms with Crippen LogP contribution in [0.25, 0.3) is 5.70 Å². The number of nitrogens with two attached hydrogens (primary N) is 2. The van der Waals surface area contributed by atoms with E-state index in [0.717, 1.165) is 49.5 Å². The molecule has 0 heterocycles. The Hall–Kier alpha value is -3.43. The fourth-order valence-electron chi connectivity index (χ4n) is 5.26. The quantitative estimate of drug-likeness (QED) is 0.0253. The topological polar surface area (TPSA) is 212 Å². The molecule has 1 aromatic rings. The van der Waals surface area contributed by atoms with Crippen molar-refractivity contribution < 1.29 is 34.5 Å². The molecule has 0 saturated carbocycles. The maximum atomic E-state index is 12.8. The molecule has 0 saturated heterocycles. The van der Waals surface area contributed by atoms with Crippen LogP contribution < -0.4 is 21.2 Å². The van der Waals surface area contributed by atoms with Gasteiger partial charge in [0.15, 0.2) is 0 Å². The Bertz CT molecular complexity index is 1300. The van der Waals surface area contributed by atoms with Gasteiger partial charge < -0.3 is 21.1 Å². The van der Waals surface area contributed by atoms with Gasteiger partial charge in [0.25, 0.3) is 0 Å². The molecule has 1 unspecified atom stereocenters. The predicted molar refractivity (Wildman–Crippen MR) is 252 cm³/mol. The fourth-order valence-corrected chi connectivity index (χ4v) is 8.87. The first-order valence-corrected chi connectivity index (χ1v) is 29.1. The van der Waals surface area contributed by atoms with Gasteiger partial charge in [0, 0.05) is 19.9 Å². The van der Waals surface area contributed by atoms with Crippen LogP contribution in [0.1, 0.15) is 144 Å². The number of nitrogens with zero attached hydrogens (tertiary/aromatic N) is 3. The van der Waals surface area contributed by atoms with Crippen LogP contribution in [0, 0.1) is 5.92 Å². The van der Waals surface area contributed by atoms with Crippen molar-refractivity contribution >= 4 is 53.5 Å². The molecule has 0 radical (unpaired) electrons. The minimum absolute atomic E-state index is 0.00333. The predicted octanol–water partition coefficient (Wildman–Crippen LogP) is 8.02. The normalized spacial score (nSPS) is 11.7. The van der Waals surface area contributed by atoms with Crippen LogP contribution in [0.5, 0.6) is 0 Å². The first-order valence-electron chi connectivity index (χ1n) is 21.8. The fraction of sp³-hybridized carbons (Fsp3) is 0.711. The molecule has 1 atom stereocenters. The van der Waals surface area contributed by atoms with E-state index in [1.54, 1.807) is 20.9 Å². The van der Waals surface area contributed by atoms with Gasteiger partial charge in [0.1, 0.15) is 0 Å². The van der Waals surface area contributed by atoms with Crippen molar-refractivity contribution in [1.29, 1.82) is 0 Å². The zero-order valence-corrected chi connectivity index (χ0v) is 41.7. The van der Waals surface area contributed by atoms with Crippen LogP contribution in [0.15, 0.2) is 28.8 Å². The molecule has 344 valence electrons. The van der Waals surface area contributed by atoms with Gasteiger partial charge in [0.2, 0.25) is 0 Å². The van der Waals surface area contributed by atoms with Gasteiger partial charge >= 0.3 is 211 Å². The summed E-state index contributed by atoms with van der Waals surface area (Å²) in [5.74, 6) is 5.73. The number of aliphatic imine (C=N–C) groups is 1. The van der Waals surface area contributed by atoms with E-state index >= 15 is 0 Å². The van der Waals surface area contributed by atoms with Crippen molar-refractivity contribution in [2.24, 2.45) is 22.4 Å². The van der Waals surface area contributed by atoms with Gasteiger partial charge in [-0.2, -0.15) is 0 Å². The molecule has 14 heteroatoms. The number of benzene rings is 1. The summed E-state index contributed by atoms with van der Waals surface area (Å²) < 4.78 is 1.36. The molecule has 0 aliphatic heterocycles. The first kappa shape index (κ1) is 62.2. The zero-order chi connectivity index (χ0) is 46.4. The minimum atomic E-state index is -2.21. The number of amides is 1. The van der Waals surface area contributed by atoms with Crippen molar-refractivity contribution in [2.45, 2.75) is 157 Å². The monoisotopic (exact) mass is 899 g/mol. The van der Waals surface area contributed by atoms with E-state index in [2.05, 4.69) is 92.2 Å². The molecular weight excluding hydrogens is 809 g/mol. The Morgan fingerprint density at radius 3 is 1.64 bits per heavy atom. The summed E-state index contributed by atoms with van der Waals surface area (Å²) in [5, 5.41) is 27.7. The number of carbonyl (C=O) groups excluding carboxylic acids is 1. The molecule has 0 aromatic heterocycles. The number of rotatable bonds is 24. The summed E-state index contributed by atoms with van der Waals surface area (Å²) in [6.45, 7) is 22.2. The Morgan fingerprint density at radius 2 is 1.27 bits per heavy atom. The number of carboxylic acids is 3. The van der Waals surface area contributed by atoms with Crippen molar-refractivity contribution in [2.75, 3.05) is 46.3 Å². The van der Waals surface area contributed by atoms with Crippen molar-refractivity contribution in [1.82, 2.24) is 15.1 Å². The van der Waals surface area contributed by atoms with E-state index in [0.29, 0.717) is 26.2 Å². The molecule has 0 spiro atoms. The smallest absolute Gasteiger partial charge is 0.480 e. The molecular formula is C45H88GeN6O7. The van der Waals surface area contributed by atoms with E-state index in [1.807, 2.05) is 11.8 Å². The maximum absolute atomic E-state index is 12.8. The average molecular weight is 898 g/mol. The van der Waals surface area contributed by atoms with Gasteiger partial charge in [-0.15, -0.1) is 0 Å². The van der Waals surface area contributed by atoms with Crippen LogP contribution >= 0.6 is 0 Å². The van der Waals surface area contributed by atoms with Gasteiger partial charge in [-0.05, 0) is 5.92 Å². The Kier molecular flexibility index (Phi) is 42.2. The number of carboxylic acid groups (broad SMARTS) is 3. The van der Waals surface area contributed by atoms with Crippen LogP contribution in [0.3, 0.4) is 0 Å². The molecule has 8 N–H and O–H groups in total. The molecule has 13 nitrogen and oxygen atoms in total. The summed E-state index contributed by atoms with van der Waals surface area (Å²) in [4.78, 5) is 50.2. The van der Waals surface area contributed by atoms with E-state index in [1.165, 1.54) is 60.4 Å². The number of nitrogens with one attached hydrogen (secondary N) is 1. The van der Waals surface area contributed by atoms with Gasteiger partial charge in [-0.3, -0.25) is 19.4 Å². The van der Waals surface area contributed by atoms with Crippen LogP contribution in [0.4, 0.5) is 0 Å². The van der Waals surface area contributed by atoms with Gasteiger partial charge in [-0.25, -0.2) is 0 Å². The van der Waals surface area contributed by atoms with Crippen LogP contribution in [-0.4, -0.2) is 115 Å². The van der Waals surface area contributed by atoms with E-state index in [-0.39, 0.29) is 25.3 Å². The minimum Gasteiger partial charge on any atom is -0.480 e. The van der Waals surface area contributed by atoms with Crippen molar-refractivity contribution in [3.05, 3.63) is 34.9 Å². The third-order valence-corrected chi connectivity index (χ3v) is 13.6. The number of unbranched alkanes of at least 4 members (excludes halogenated alkanes) is 3. The number of allylic oxidation sites excluding steroid dienone is 1. The zero-order valence-electron chi connectivity index (χ0n) is 39.6.